The molecule has 4 fully saturated rings. The summed E-state index contributed by atoms with van der Waals surface area (Å²) in [4.78, 5) is 12.2. The summed E-state index contributed by atoms with van der Waals surface area (Å²) in [7, 11) is 0. The third-order valence-corrected chi connectivity index (χ3v) is 6.38. The van der Waals surface area contributed by atoms with Gasteiger partial charge in [0.25, 0.3) is 0 Å². The summed E-state index contributed by atoms with van der Waals surface area (Å²) >= 11 is 0. The van der Waals surface area contributed by atoms with Crippen molar-refractivity contribution in [3.05, 3.63) is 35.9 Å². The number of halogens is 1. The lowest BCUT2D eigenvalue weighted by Gasteiger charge is -2.65. The monoisotopic (exact) mass is 287 g/mol. The Kier molecular flexibility index (Phi) is 2.59. The number of amides is 1. The van der Waals surface area contributed by atoms with Gasteiger partial charge in [0.2, 0.25) is 5.91 Å². The molecule has 4 saturated carbocycles. The first-order valence-electron chi connectivity index (χ1n) is 7.93. The summed E-state index contributed by atoms with van der Waals surface area (Å²) in [5, 5.41) is 0. The molecule has 3 heteroatoms. The average Bonchev–Trinajstić information content (AvgIpc) is 2.47. The topological polar surface area (TPSA) is 43.1 Å². The molecule has 0 spiro atoms. The van der Waals surface area contributed by atoms with Gasteiger partial charge in [0, 0.05) is 5.41 Å². The van der Waals surface area contributed by atoms with Crippen LogP contribution in [0.3, 0.4) is 0 Å². The molecule has 4 unspecified atom stereocenters. The van der Waals surface area contributed by atoms with Gasteiger partial charge in [0.15, 0.2) is 0 Å². The quantitative estimate of drug-likeness (QED) is 0.910. The Bertz CT molecular complexity index is 588. The molecular weight excluding hydrogens is 265 g/mol. The van der Waals surface area contributed by atoms with Gasteiger partial charge in [0.1, 0.15) is 0 Å². The number of alkyl halides is 1. The molecule has 2 N–H and O–H groups in total. The normalized spacial score (nSPS) is 44.0. The van der Waals surface area contributed by atoms with E-state index in [1.54, 1.807) is 0 Å². The predicted octanol–water partition coefficient (Wildman–Crippen LogP) is 3.35. The van der Waals surface area contributed by atoms with E-state index in [0.29, 0.717) is 12.3 Å². The van der Waals surface area contributed by atoms with E-state index in [9.17, 15) is 9.18 Å². The van der Waals surface area contributed by atoms with Crippen molar-refractivity contribution in [2.24, 2.45) is 22.5 Å². The maximum absolute atomic E-state index is 13.9. The van der Waals surface area contributed by atoms with E-state index in [2.05, 4.69) is 12.1 Å². The molecule has 4 aliphatic carbocycles. The number of hydrogen-bond acceptors (Lipinski definition) is 1. The number of rotatable bonds is 3. The van der Waals surface area contributed by atoms with E-state index in [1.807, 2.05) is 18.2 Å². The van der Waals surface area contributed by atoms with Gasteiger partial charge in [0.05, 0.1) is 12.1 Å². The van der Waals surface area contributed by atoms with Gasteiger partial charge in [-0.2, -0.15) is 0 Å². The number of carbonyl (C=O) groups excluding carboxylic acids is 1. The summed E-state index contributed by atoms with van der Waals surface area (Å²) in [6, 6.07) is 10.4. The molecular formula is C18H22FNO. The highest BCUT2D eigenvalue weighted by Crippen LogP contribution is 2.70. The number of carbonyl (C=O) groups is 1. The second-order valence-electron chi connectivity index (χ2n) is 7.93. The van der Waals surface area contributed by atoms with Crippen molar-refractivity contribution >= 4 is 5.91 Å². The molecule has 2 nitrogen and oxygen atoms in total. The largest absolute Gasteiger partial charge is 0.369 e. The van der Waals surface area contributed by atoms with Crippen LogP contribution in [0.4, 0.5) is 4.39 Å². The lowest BCUT2D eigenvalue weighted by Crippen LogP contribution is -2.62. The number of primary amides is 1. The van der Waals surface area contributed by atoms with Crippen LogP contribution in [0.5, 0.6) is 0 Å². The van der Waals surface area contributed by atoms with Gasteiger partial charge >= 0.3 is 0 Å². The molecule has 4 aliphatic rings. The molecule has 21 heavy (non-hydrogen) atoms. The van der Waals surface area contributed by atoms with Gasteiger partial charge in [-0.05, 0) is 55.4 Å². The summed E-state index contributed by atoms with van der Waals surface area (Å²) in [5.74, 6) is 0.245. The van der Waals surface area contributed by atoms with Gasteiger partial charge in [-0.25, -0.2) is 0 Å². The van der Waals surface area contributed by atoms with Gasteiger partial charge in [-0.3, -0.25) is 9.18 Å². The Labute approximate surface area is 124 Å². The number of hydrogen-bond donors (Lipinski definition) is 1. The van der Waals surface area contributed by atoms with Crippen molar-refractivity contribution in [1.82, 2.24) is 0 Å². The molecule has 0 saturated heterocycles. The molecule has 112 valence electrons. The van der Waals surface area contributed by atoms with Crippen LogP contribution in [0.25, 0.3) is 0 Å². The molecule has 0 aromatic heterocycles. The summed E-state index contributed by atoms with van der Waals surface area (Å²) in [6.07, 6.45) is 5.26. The van der Waals surface area contributed by atoms with Crippen LogP contribution in [0.15, 0.2) is 30.3 Å². The Hall–Kier alpha value is -1.38. The lowest BCUT2D eigenvalue weighted by molar-refractivity contribution is -0.162. The van der Waals surface area contributed by atoms with Gasteiger partial charge < -0.3 is 5.73 Å². The van der Waals surface area contributed by atoms with E-state index in [0.717, 1.165) is 32.1 Å². The maximum atomic E-state index is 13.9. The fourth-order valence-corrected chi connectivity index (χ4v) is 6.18. The van der Waals surface area contributed by atoms with Crippen molar-refractivity contribution in [3.63, 3.8) is 0 Å². The first kappa shape index (κ1) is 13.3. The second kappa shape index (κ2) is 4.08. The van der Waals surface area contributed by atoms with Crippen LogP contribution in [-0.2, 0) is 10.2 Å². The van der Waals surface area contributed by atoms with E-state index >= 15 is 0 Å². The van der Waals surface area contributed by atoms with Crippen LogP contribution >= 0.6 is 0 Å². The molecule has 0 aliphatic heterocycles. The third-order valence-electron chi connectivity index (χ3n) is 6.38. The maximum Gasteiger partial charge on any atom is 0.223 e. The second-order valence-corrected chi connectivity index (χ2v) is 7.93. The molecule has 1 aromatic carbocycles. The minimum absolute atomic E-state index is 0.0399. The predicted molar refractivity (Wildman–Crippen MR) is 79.3 cm³/mol. The first-order valence-corrected chi connectivity index (χ1v) is 7.93. The SMILES string of the molecule is NC(=O)C12CC3CC(CF)(C1)CC(c1ccccc1)(C3)C2. The molecule has 0 radical (unpaired) electrons. The van der Waals surface area contributed by atoms with Crippen molar-refractivity contribution in [3.8, 4) is 0 Å². The highest BCUT2D eigenvalue weighted by Gasteiger charge is 2.65. The molecule has 5 rings (SSSR count). The summed E-state index contributed by atoms with van der Waals surface area (Å²) in [5.41, 5.74) is 6.23. The molecule has 0 heterocycles. The average molecular weight is 287 g/mol. The fourth-order valence-electron chi connectivity index (χ4n) is 6.18. The van der Waals surface area contributed by atoms with Crippen molar-refractivity contribution < 1.29 is 9.18 Å². The van der Waals surface area contributed by atoms with Gasteiger partial charge in [-0.1, -0.05) is 30.3 Å². The molecule has 4 atom stereocenters. The Morgan fingerprint density at radius 3 is 2.57 bits per heavy atom. The van der Waals surface area contributed by atoms with E-state index in [1.165, 1.54) is 5.56 Å². The highest BCUT2D eigenvalue weighted by atomic mass is 19.1. The molecule has 1 aromatic rings. The van der Waals surface area contributed by atoms with Crippen molar-refractivity contribution in [1.29, 1.82) is 0 Å². The zero-order valence-corrected chi connectivity index (χ0v) is 12.3. The Morgan fingerprint density at radius 2 is 1.90 bits per heavy atom. The minimum Gasteiger partial charge on any atom is -0.369 e. The van der Waals surface area contributed by atoms with Crippen LogP contribution < -0.4 is 5.73 Å². The summed E-state index contributed by atoms with van der Waals surface area (Å²) < 4.78 is 13.9. The Balaban J connectivity index is 1.85. The summed E-state index contributed by atoms with van der Waals surface area (Å²) in [6.45, 7) is -0.312. The zero-order valence-electron chi connectivity index (χ0n) is 12.3. The van der Waals surface area contributed by atoms with Crippen LogP contribution in [0.1, 0.15) is 44.1 Å². The van der Waals surface area contributed by atoms with Crippen molar-refractivity contribution in [2.45, 2.75) is 43.9 Å². The molecule has 4 bridgehead atoms. The van der Waals surface area contributed by atoms with E-state index in [-0.39, 0.29) is 23.4 Å². The van der Waals surface area contributed by atoms with Crippen LogP contribution in [0, 0.1) is 16.7 Å². The third kappa shape index (κ3) is 1.72. The Morgan fingerprint density at radius 1 is 1.14 bits per heavy atom. The zero-order chi connectivity index (χ0) is 14.7. The first-order chi connectivity index (χ1) is 10.0. The fraction of sp³-hybridized carbons (Fsp3) is 0.611. The smallest absolute Gasteiger partial charge is 0.223 e. The molecule has 1 amide bonds. The van der Waals surface area contributed by atoms with Crippen molar-refractivity contribution in [2.75, 3.05) is 6.67 Å². The van der Waals surface area contributed by atoms with E-state index < -0.39 is 5.41 Å². The number of benzene rings is 1. The lowest BCUT2D eigenvalue weighted by atomic mass is 9.38. The highest BCUT2D eigenvalue weighted by molar-refractivity contribution is 5.82. The standard InChI is InChI=1S/C18H22FNO/c19-12-16-6-13-7-17(9-16,14-4-2-1-3-5-14)11-18(8-13,10-16)15(20)21/h1-5,13H,6-12H2,(H2,20,21). The van der Waals surface area contributed by atoms with Crippen LogP contribution in [0.2, 0.25) is 0 Å². The van der Waals surface area contributed by atoms with Crippen LogP contribution in [-0.4, -0.2) is 12.6 Å². The van der Waals surface area contributed by atoms with E-state index in [4.69, 9.17) is 5.73 Å². The minimum atomic E-state index is -0.471. The van der Waals surface area contributed by atoms with Gasteiger partial charge in [-0.15, -0.1) is 0 Å². The number of nitrogens with two attached hydrogens (primary N) is 1.